The Morgan fingerprint density at radius 2 is 1.81 bits per heavy atom. The summed E-state index contributed by atoms with van der Waals surface area (Å²) in [5.74, 6) is -0.398. The number of methoxy groups -OCH3 is 1. The summed E-state index contributed by atoms with van der Waals surface area (Å²) in [5.41, 5.74) is 0.435. The van der Waals surface area contributed by atoms with E-state index in [1.165, 1.54) is 41.7 Å². The van der Waals surface area contributed by atoms with Gasteiger partial charge in [0.25, 0.3) is 10.0 Å². The molecule has 0 aliphatic carbocycles. The topological polar surface area (TPSA) is 92.8 Å². The summed E-state index contributed by atoms with van der Waals surface area (Å²) in [5, 5.41) is 0. The minimum Gasteiger partial charge on any atom is -0.495 e. The summed E-state index contributed by atoms with van der Waals surface area (Å²) in [6.45, 7) is 0.291. The van der Waals surface area contributed by atoms with Crippen LogP contribution in [0.25, 0.3) is 0 Å². The van der Waals surface area contributed by atoms with Gasteiger partial charge < -0.3 is 4.74 Å². The molecule has 1 saturated heterocycles. The molecule has 0 aromatic heterocycles. The second-order valence-corrected chi connectivity index (χ2v) is 9.71. The van der Waals surface area contributed by atoms with Crippen molar-refractivity contribution >= 4 is 31.4 Å². The summed E-state index contributed by atoms with van der Waals surface area (Å²) in [7, 11) is -6.25. The highest BCUT2D eigenvalue weighted by Crippen LogP contribution is 2.32. The maximum Gasteiger partial charge on any atom is 0.265 e. The summed E-state index contributed by atoms with van der Waals surface area (Å²) < 4.78 is 72.0. The Bertz CT molecular complexity index is 1040. The summed E-state index contributed by atoms with van der Waals surface area (Å²) >= 11 is 0. The number of hydrogen-bond donors (Lipinski definition) is 1. The van der Waals surface area contributed by atoms with Gasteiger partial charge in [-0.2, -0.15) is 0 Å². The summed E-state index contributed by atoms with van der Waals surface area (Å²) in [6, 6.07) is 9.04. The number of ether oxygens (including phenoxy) is 1. The molecule has 146 valence electrons. The second-order valence-electron chi connectivity index (χ2n) is 6.04. The van der Waals surface area contributed by atoms with E-state index in [9.17, 15) is 21.2 Å². The van der Waals surface area contributed by atoms with Crippen LogP contribution >= 0.6 is 0 Å². The fourth-order valence-corrected chi connectivity index (χ4v) is 5.72. The van der Waals surface area contributed by atoms with Crippen molar-refractivity contribution in [1.82, 2.24) is 0 Å². The van der Waals surface area contributed by atoms with Crippen LogP contribution in [0.3, 0.4) is 0 Å². The lowest BCUT2D eigenvalue weighted by Crippen LogP contribution is -2.37. The third kappa shape index (κ3) is 4.16. The molecule has 1 aliphatic heterocycles. The van der Waals surface area contributed by atoms with E-state index in [4.69, 9.17) is 4.74 Å². The van der Waals surface area contributed by atoms with Gasteiger partial charge in [-0.15, -0.1) is 0 Å². The Hall–Kier alpha value is -2.33. The van der Waals surface area contributed by atoms with E-state index >= 15 is 0 Å². The molecule has 0 amide bonds. The van der Waals surface area contributed by atoms with Gasteiger partial charge in [-0.3, -0.25) is 9.03 Å². The molecule has 27 heavy (non-hydrogen) atoms. The minimum atomic E-state index is -4.09. The largest absolute Gasteiger partial charge is 0.495 e. The maximum absolute atomic E-state index is 13.0. The van der Waals surface area contributed by atoms with Crippen molar-refractivity contribution in [2.24, 2.45) is 0 Å². The molecule has 7 nitrogen and oxygen atoms in total. The molecule has 1 heterocycles. The van der Waals surface area contributed by atoms with Gasteiger partial charge in [-0.1, -0.05) is 0 Å². The number of hydrogen-bond acceptors (Lipinski definition) is 5. The summed E-state index contributed by atoms with van der Waals surface area (Å²) in [4.78, 5) is -0.201. The first kappa shape index (κ1) is 19.4. The van der Waals surface area contributed by atoms with Crippen LogP contribution in [0, 0.1) is 5.82 Å². The Labute approximate surface area is 157 Å². The van der Waals surface area contributed by atoms with E-state index in [1.807, 2.05) is 0 Å². The third-order valence-electron chi connectivity index (χ3n) is 4.17. The fourth-order valence-electron chi connectivity index (χ4n) is 2.84. The fraction of sp³-hybridized carbons (Fsp3) is 0.294. The van der Waals surface area contributed by atoms with Crippen LogP contribution < -0.4 is 13.8 Å². The van der Waals surface area contributed by atoms with Crippen molar-refractivity contribution in [3.63, 3.8) is 0 Å². The molecule has 1 N–H and O–H groups in total. The number of benzene rings is 2. The highest BCUT2D eigenvalue weighted by molar-refractivity contribution is 7.93. The van der Waals surface area contributed by atoms with Gasteiger partial charge in [-0.05, 0) is 55.3 Å². The molecule has 2 aromatic rings. The number of halogens is 1. The van der Waals surface area contributed by atoms with Crippen LogP contribution in [-0.2, 0) is 20.0 Å². The predicted molar refractivity (Wildman–Crippen MR) is 101 cm³/mol. The lowest BCUT2D eigenvalue weighted by molar-refractivity contribution is 0.403. The van der Waals surface area contributed by atoms with Gasteiger partial charge in [0.2, 0.25) is 10.0 Å². The Morgan fingerprint density at radius 1 is 1.11 bits per heavy atom. The first-order valence-corrected chi connectivity index (χ1v) is 11.3. The third-order valence-corrected chi connectivity index (χ3v) is 7.44. The standard InChI is InChI=1S/C17H19FN2O5S2/c1-25-16-9-8-15(20-10-2-3-11-26(20,21)22)12-17(16)27(23,24)19-14-6-4-13(18)5-7-14/h4-9,12,19H,2-3,10-11H2,1H3. The maximum atomic E-state index is 13.0. The molecule has 0 atom stereocenters. The van der Waals surface area contributed by atoms with Crippen molar-refractivity contribution in [1.29, 1.82) is 0 Å². The molecule has 1 fully saturated rings. The van der Waals surface area contributed by atoms with Crippen LogP contribution in [0.1, 0.15) is 12.8 Å². The highest BCUT2D eigenvalue weighted by Gasteiger charge is 2.28. The molecule has 0 unspecified atom stereocenters. The van der Waals surface area contributed by atoms with Crippen molar-refractivity contribution in [3.05, 3.63) is 48.3 Å². The van der Waals surface area contributed by atoms with Gasteiger partial charge in [0.05, 0.1) is 18.6 Å². The molecule has 0 bridgehead atoms. The number of rotatable bonds is 5. The van der Waals surface area contributed by atoms with Gasteiger partial charge in [0, 0.05) is 12.2 Å². The zero-order chi connectivity index (χ0) is 19.7. The first-order chi connectivity index (χ1) is 12.7. The van der Waals surface area contributed by atoms with Gasteiger partial charge >= 0.3 is 0 Å². The Morgan fingerprint density at radius 3 is 2.44 bits per heavy atom. The average molecular weight is 414 g/mol. The summed E-state index contributed by atoms with van der Waals surface area (Å²) in [6.07, 6.45) is 1.27. The van der Waals surface area contributed by atoms with E-state index in [0.717, 1.165) is 12.1 Å². The number of nitrogens with one attached hydrogen (secondary N) is 1. The highest BCUT2D eigenvalue weighted by atomic mass is 32.2. The van der Waals surface area contributed by atoms with Gasteiger partial charge in [0.15, 0.2) is 0 Å². The van der Waals surface area contributed by atoms with Crippen molar-refractivity contribution in [2.75, 3.05) is 28.4 Å². The van der Waals surface area contributed by atoms with Crippen LogP contribution in [0.15, 0.2) is 47.4 Å². The molecule has 10 heteroatoms. The molecular weight excluding hydrogens is 395 g/mol. The quantitative estimate of drug-likeness (QED) is 0.812. The van der Waals surface area contributed by atoms with Crippen LogP contribution in [0.2, 0.25) is 0 Å². The lowest BCUT2D eigenvalue weighted by Gasteiger charge is -2.28. The zero-order valence-corrected chi connectivity index (χ0v) is 16.2. The molecular formula is C17H19FN2O5S2. The minimum absolute atomic E-state index is 0.0228. The van der Waals surface area contributed by atoms with Crippen LogP contribution in [0.5, 0.6) is 5.75 Å². The van der Waals surface area contributed by atoms with E-state index in [0.29, 0.717) is 19.4 Å². The predicted octanol–water partition coefficient (Wildman–Crippen LogP) is 2.57. The van der Waals surface area contributed by atoms with Crippen LogP contribution in [0.4, 0.5) is 15.8 Å². The van der Waals surface area contributed by atoms with Crippen molar-refractivity contribution in [2.45, 2.75) is 17.7 Å². The average Bonchev–Trinajstić information content (AvgIpc) is 2.62. The first-order valence-electron chi connectivity index (χ1n) is 8.20. The Kier molecular flexibility index (Phi) is 5.29. The second kappa shape index (κ2) is 7.35. The van der Waals surface area contributed by atoms with Gasteiger partial charge in [0.1, 0.15) is 16.5 Å². The van der Waals surface area contributed by atoms with Crippen molar-refractivity contribution < 1.29 is 26.0 Å². The zero-order valence-electron chi connectivity index (χ0n) is 14.6. The monoisotopic (exact) mass is 414 g/mol. The van der Waals surface area contributed by atoms with E-state index < -0.39 is 25.9 Å². The molecule has 0 radical (unpaired) electrons. The van der Waals surface area contributed by atoms with Gasteiger partial charge in [-0.25, -0.2) is 21.2 Å². The molecule has 0 spiro atoms. The number of nitrogens with zero attached hydrogens (tertiary/aromatic N) is 1. The molecule has 1 aliphatic rings. The van der Waals surface area contributed by atoms with E-state index in [1.54, 1.807) is 0 Å². The number of anilines is 2. The van der Waals surface area contributed by atoms with E-state index in [2.05, 4.69) is 4.72 Å². The lowest BCUT2D eigenvalue weighted by atomic mass is 10.2. The SMILES string of the molecule is COc1ccc(N2CCCCS2(=O)=O)cc1S(=O)(=O)Nc1ccc(F)cc1. The van der Waals surface area contributed by atoms with E-state index in [-0.39, 0.29) is 27.8 Å². The molecule has 3 rings (SSSR count). The van der Waals surface area contributed by atoms with Crippen molar-refractivity contribution in [3.8, 4) is 5.75 Å². The van der Waals surface area contributed by atoms with Crippen LogP contribution in [-0.4, -0.2) is 36.2 Å². The number of sulfonamides is 2. The molecule has 2 aromatic carbocycles. The molecule has 0 saturated carbocycles. The normalized spacial score (nSPS) is 16.7. The Balaban J connectivity index is 2.01. The smallest absolute Gasteiger partial charge is 0.265 e.